The molecule has 2 aromatic carbocycles. The Bertz CT molecular complexity index is 1340. The molecule has 9 heteroatoms. The van der Waals surface area contributed by atoms with Crippen LogP contribution in [0.3, 0.4) is 0 Å². The molecule has 3 rings (SSSR count). The Kier molecular flexibility index (Phi) is 8.52. The number of hydrogen-bond acceptors (Lipinski definition) is 4. The number of nitrogens with zero attached hydrogens (tertiary/aromatic N) is 3. The molecule has 0 aliphatic carbocycles. The van der Waals surface area contributed by atoms with Gasteiger partial charge in [-0.3, -0.25) is 4.79 Å². The first-order valence-electron chi connectivity index (χ1n) is 11.1. The second kappa shape index (κ2) is 11.0. The topological polar surface area (TPSA) is 71.7 Å². The summed E-state index contributed by atoms with van der Waals surface area (Å²) in [4.78, 5) is 17.9. The summed E-state index contributed by atoms with van der Waals surface area (Å²) >= 11 is 7.48. The average molecular weight is 520 g/mol. The summed E-state index contributed by atoms with van der Waals surface area (Å²) in [5.74, 6) is -0.0427. The van der Waals surface area contributed by atoms with E-state index < -0.39 is 15.9 Å². The standard InChI is InChI=1S/C25H30ClN3O3S2/c1-6-13-29-22-12-9-20(26)14-23(22)33-25(29)27-24(30)19-7-10-21(11-8-19)34(31,32)28(15-17(2)3)16-18(4)5/h6-12,14,17-18H,1,13,15-16H2,2-5H3. The van der Waals surface area contributed by atoms with Gasteiger partial charge in [0, 0.05) is 30.2 Å². The van der Waals surface area contributed by atoms with Crippen LogP contribution in [0, 0.1) is 11.8 Å². The Labute approximate surface area is 210 Å². The Balaban J connectivity index is 1.94. The summed E-state index contributed by atoms with van der Waals surface area (Å²) in [6.07, 6.45) is 1.74. The highest BCUT2D eigenvalue weighted by Gasteiger charge is 2.26. The molecule has 0 aliphatic heterocycles. The molecule has 0 unspecified atom stereocenters. The first-order valence-corrected chi connectivity index (χ1v) is 13.8. The van der Waals surface area contributed by atoms with Crippen molar-refractivity contribution in [1.29, 1.82) is 0 Å². The molecule has 1 heterocycles. The van der Waals surface area contributed by atoms with Gasteiger partial charge in [0.2, 0.25) is 10.0 Å². The third kappa shape index (κ3) is 6.05. The number of allylic oxidation sites excluding steroid dienone is 1. The highest BCUT2D eigenvalue weighted by molar-refractivity contribution is 7.89. The zero-order valence-corrected chi connectivity index (χ0v) is 22.3. The lowest BCUT2D eigenvalue weighted by atomic mass is 10.2. The van der Waals surface area contributed by atoms with E-state index in [1.807, 2.05) is 44.4 Å². The number of benzene rings is 2. The molecule has 0 saturated heterocycles. The van der Waals surface area contributed by atoms with Crippen molar-refractivity contribution in [2.24, 2.45) is 16.8 Å². The second-order valence-corrected chi connectivity index (χ2v) is 12.3. The number of fused-ring (bicyclic) bond motifs is 1. The smallest absolute Gasteiger partial charge is 0.279 e. The van der Waals surface area contributed by atoms with Crippen LogP contribution in [0.15, 0.2) is 65.0 Å². The van der Waals surface area contributed by atoms with E-state index in [-0.39, 0.29) is 16.7 Å². The van der Waals surface area contributed by atoms with Crippen molar-refractivity contribution < 1.29 is 13.2 Å². The maximum absolute atomic E-state index is 13.2. The minimum Gasteiger partial charge on any atom is -0.312 e. The fourth-order valence-electron chi connectivity index (χ4n) is 3.59. The van der Waals surface area contributed by atoms with Gasteiger partial charge in [-0.2, -0.15) is 9.30 Å². The van der Waals surface area contributed by atoms with E-state index in [0.29, 0.717) is 35.0 Å². The number of aromatic nitrogens is 1. The molecular weight excluding hydrogens is 490 g/mol. The lowest BCUT2D eigenvalue weighted by Crippen LogP contribution is -2.37. The Hall–Kier alpha value is -2.26. The molecule has 0 atom stereocenters. The summed E-state index contributed by atoms with van der Waals surface area (Å²) < 4.78 is 30.8. The van der Waals surface area contributed by atoms with Crippen LogP contribution in [0.5, 0.6) is 0 Å². The quantitative estimate of drug-likeness (QED) is 0.346. The van der Waals surface area contributed by atoms with Crippen LogP contribution in [0.4, 0.5) is 0 Å². The number of amides is 1. The largest absolute Gasteiger partial charge is 0.312 e. The second-order valence-electron chi connectivity index (χ2n) is 8.95. The highest BCUT2D eigenvalue weighted by Crippen LogP contribution is 2.23. The monoisotopic (exact) mass is 519 g/mol. The molecule has 1 aromatic heterocycles. The van der Waals surface area contributed by atoms with Gasteiger partial charge in [0.05, 0.1) is 15.1 Å². The molecular formula is C25H30ClN3O3S2. The molecule has 0 N–H and O–H groups in total. The van der Waals surface area contributed by atoms with Crippen LogP contribution in [0.1, 0.15) is 38.1 Å². The lowest BCUT2D eigenvalue weighted by Gasteiger charge is -2.25. The molecule has 0 saturated carbocycles. The van der Waals surface area contributed by atoms with Crippen molar-refractivity contribution in [3.05, 3.63) is 70.5 Å². The zero-order valence-electron chi connectivity index (χ0n) is 19.9. The number of halogens is 1. The van der Waals surface area contributed by atoms with Crippen molar-refractivity contribution in [1.82, 2.24) is 8.87 Å². The molecule has 0 aliphatic rings. The van der Waals surface area contributed by atoms with Gasteiger partial charge in [-0.25, -0.2) is 8.42 Å². The molecule has 0 bridgehead atoms. The van der Waals surface area contributed by atoms with E-state index in [1.54, 1.807) is 12.1 Å². The number of rotatable bonds is 9. The fourth-order valence-corrected chi connectivity index (χ4v) is 6.67. The van der Waals surface area contributed by atoms with Crippen molar-refractivity contribution in [3.8, 4) is 0 Å². The molecule has 182 valence electrons. The minimum absolute atomic E-state index is 0.170. The molecule has 1 amide bonds. The van der Waals surface area contributed by atoms with E-state index in [4.69, 9.17) is 11.6 Å². The fraction of sp³-hybridized carbons (Fsp3) is 0.360. The third-order valence-electron chi connectivity index (χ3n) is 5.03. The third-order valence-corrected chi connectivity index (χ3v) is 8.15. The minimum atomic E-state index is -3.66. The van der Waals surface area contributed by atoms with Gasteiger partial charge in [-0.15, -0.1) is 6.58 Å². The summed E-state index contributed by atoms with van der Waals surface area (Å²) in [6.45, 7) is 13.1. The number of hydrogen-bond donors (Lipinski definition) is 0. The van der Waals surface area contributed by atoms with Crippen LogP contribution in [0.2, 0.25) is 5.02 Å². The Morgan fingerprint density at radius 3 is 2.29 bits per heavy atom. The Morgan fingerprint density at radius 2 is 1.74 bits per heavy atom. The van der Waals surface area contributed by atoms with Crippen molar-refractivity contribution in [3.63, 3.8) is 0 Å². The van der Waals surface area contributed by atoms with E-state index in [2.05, 4.69) is 11.6 Å². The van der Waals surface area contributed by atoms with Gasteiger partial charge >= 0.3 is 0 Å². The number of carbonyl (C=O) groups excluding carboxylic acids is 1. The Morgan fingerprint density at radius 1 is 1.12 bits per heavy atom. The van der Waals surface area contributed by atoms with Crippen LogP contribution in [-0.4, -0.2) is 36.3 Å². The molecule has 0 spiro atoms. The van der Waals surface area contributed by atoms with Crippen molar-refractivity contribution >= 4 is 49.1 Å². The van der Waals surface area contributed by atoms with Gasteiger partial charge in [-0.05, 0) is 54.3 Å². The number of thiazole rings is 1. The van der Waals surface area contributed by atoms with Crippen molar-refractivity contribution in [2.45, 2.75) is 39.1 Å². The first kappa shape index (κ1) is 26.3. The van der Waals surface area contributed by atoms with Crippen LogP contribution in [0.25, 0.3) is 10.2 Å². The van der Waals surface area contributed by atoms with E-state index in [0.717, 1.165) is 10.2 Å². The van der Waals surface area contributed by atoms with E-state index >= 15 is 0 Å². The van der Waals surface area contributed by atoms with E-state index in [9.17, 15) is 13.2 Å². The maximum Gasteiger partial charge on any atom is 0.279 e. The van der Waals surface area contributed by atoms with Gasteiger partial charge in [0.1, 0.15) is 0 Å². The van der Waals surface area contributed by atoms with Crippen LogP contribution >= 0.6 is 22.9 Å². The van der Waals surface area contributed by atoms with Crippen LogP contribution < -0.4 is 4.80 Å². The summed E-state index contributed by atoms with van der Waals surface area (Å²) in [5, 5.41) is 0.609. The summed E-state index contributed by atoms with van der Waals surface area (Å²) in [5.41, 5.74) is 1.23. The predicted octanol–water partition coefficient (Wildman–Crippen LogP) is 5.59. The normalized spacial score (nSPS) is 12.9. The zero-order chi connectivity index (χ0) is 25.0. The molecule has 6 nitrogen and oxygen atoms in total. The number of carbonyl (C=O) groups is 1. The SMILES string of the molecule is C=CCn1c(=NC(=O)c2ccc(S(=O)(=O)N(CC(C)C)CC(C)C)cc2)sc2cc(Cl)ccc21. The van der Waals surface area contributed by atoms with Crippen molar-refractivity contribution in [2.75, 3.05) is 13.1 Å². The molecule has 0 radical (unpaired) electrons. The molecule has 34 heavy (non-hydrogen) atoms. The number of sulfonamides is 1. The van der Waals surface area contributed by atoms with Gasteiger partial charge in [-0.1, -0.05) is 56.7 Å². The first-order chi connectivity index (χ1) is 16.0. The lowest BCUT2D eigenvalue weighted by molar-refractivity contribution is 0.0997. The summed E-state index contributed by atoms with van der Waals surface area (Å²) in [7, 11) is -3.66. The maximum atomic E-state index is 13.2. The van der Waals surface area contributed by atoms with Gasteiger partial charge < -0.3 is 4.57 Å². The van der Waals surface area contributed by atoms with Crippen LogP contribution in [-0.2, 0) is 16.6 Å². The molecule has 0 fully saturated rings. The summed E-state index contributed by atoms with van der Waals surface area (Å²) in [6, 6.07) is 11.5. The van der Waals surface area contributed by atoms with Gasteiger partial charge in [0.15, 0.2) is 4.80 Å². The van der Waals surface area contributed by atoms with E-state index in [1.165, 1.54) is 39.9 Å². The molecule has 3 aromatic rings. The average Bonchev–Trinajstić information content (AvgIpc) is 3.09. The van der Waals surface area contributed by atoms with Gasteiger partial charge in [0.25, 0.3) is 5.91 Å². The predicted molar refractivity (Wildman–Crippen MR) is 140 cm³/mol. The highest BCUT2D eigenvalue weighted by atomic mass is 35.5.